The largest absolute Gasteiger partial charge is 0.477 e. The molecule has 1 heterocycles. The first-order valence-corrected chi connectivity index (χ1v) is 11.3. The van der Waals surface area contributed by atoms with Gasteiger partial charge in [-0.1, -0.05) is 12.2 Å². The molecule has 4 N–H and O–H groups in total. The number of thiophene rings is 1. The van der Waals surface area contributed by atoms with Crippen LogP contribution in [0.15, 0.2) is 23.6 Å². The van der Waals surface area contributed by atoms with Crippen LogP contribution in [0.5, 0.6) is 0 Å². The summed E-state index contributed by atoms with van der Waals surface area (Å²) in [5.74, 6) is -0.839. The van der Waals surface area contributed by atoms with E-state index in [2.05, 4.69) is 0 Å². The Hall–Kier alpha value is -0.920. The molecule has 0 radical (unpaired) electrons. The summed E-state index contributed by atoms with van der Waals surface area (Å²) in [6, 6.07) is 1.72. The number of aryl methyl sites for hydroxylation is 1. The fraction of sp³-hybridized carbons (Fsp3) is 0.667. The van der Waals surface area contributed by atoms with E-state index >= 15 is 0 Å². The number of rotatable bonds is 11. The lowest BCUT2D eigenvalue weighted by molar-refractivity contribution is 0.0702. The smallest absolute Gasteiger partial charge is 0.345 e. The second-order valence-electron chi connectivity index (χ2n) is 7.81. The second kappa shape index (κ2) is 11.3. The normalized spacial score (nSPS) is 27.3. The maximum absolute atomic E-state index is 11.0. The number of hydrogen-bond donors (Lipinski definition) is 4. The van der Waals surface area contributed by atoms with E-state index in [9.17, 15) is 20.1 Å². The molecule has 0 amide bonds. The van der Waals surface area contributed by atoms with E-state index in [0.717, 1.165) is 31.2 Å². The zero-order valence-electron chi connectivity index (χ0n) is 16.2. The third-order valence-electron chi connectivity index (χ3n) is 5.41. The van der Waals surface area contributed by atoms with Gasteiger partial charge in [0.1, 0.15) is 4.88 Å². The fourth-order valence-corrected chi connectivity index (χ4v) is 5.13. The molecule has 0 aromatic carbocycles. The number of aliphatic hydroxyl groups is 3. The molecule has 7 heteroatoms. The number of carboxylic acids is 1. The van der Waals surface area contributed by atoms with Crippen LogP contribution in [0.4, 0.5) is 0 Å². The predicted molar refractivity (Wildman–Crippen MR) is 112 cm³/mol. The van der Waals surface area contributed by atoms with Gasteiger partial charge in [-0.05, 0) is 74.8 Å². The number of hydrogen-bond acceptors (Lipinski definition) is 5. The van der Waals surface area contributed by atoms with Crippen LogP contribution in [0, 0.1) is 11.8 Å². The molecule has 0 bridgehead atoms. The van der Waals surface area contributed by atoms with Crippen molar-refractivity contribution in [3.8, 4) is 0 Å². The van der Waals surface area contributed by atoms with Crippen LogP contribution < -0.4 is 0 Å². The molecule has 1 aromatic heterocycles. The van der Waals surface area contributed by atoms with Crippen molar-refractivity contribution in [2.75, 3.05) is 0 Å². The maximum Gasteiger partial charge on any atom is 0.345 e. The van der Waals surface area contributed by atoms with Crippen LogP contribution in [0.25, 0.3) is 0 Å². The number of carbonyl (C=O) groups is 1. The molecule has 28 heavy (non-hydrogen) atoms. The lowest BCUT2D eigenvalue weighted by Crippen LogP contribution is -2.19. The van der Waals surface area contributed by atoms with Crippen molar-refractivity contribution in [3.63, 3.8) is 0 Å². The van der Waals surface area contributed by atoms with Gasteiger partial charge in [0.2, 0.25) is 0 Å². The summed E-state index contributed by atoms with van der Waals surface area (Å²) in [4.78, 5) is 11.3. The average Bonchev–Trinajstić information content (AvgIpc) is 3.18. The Bertz CT molecular complexity index is 644. The molecular weight excluding hydrogens is 400 g/mol. The van der Waals surface area contributed by atoms with Crippen LogP contribution in [0.2, 0.25) is 0 Å². The molecule has 1 saturated carbocycles. The SMILES string of the molecule is C[C@@H](O)CCC[C@H](O)C=C[C@@H]1[C@@H](CCCc2csc(C(=O)O)c2)[C@H](Cl)C[C@H]1O. The molecule has 5 nitrogen and oxygen atoms in total. The van der Waals surface area contributed by atoms with Gasteiger partial charge in [-0.2, -0.15) is 0 Å². The van der Waals surface area contributed by atoms with Gasteiger partial charge in [0.15, 0.2) is 0 Å². The lowest BCUT2D eigenvalue weighted by atomic mass is 9.88. The number of halogens is 1. The predicted octanol–water partition coefficient (Wildman–Crippen LogP) is 3.84. The summed E-state index contributed by atoms with van der Waals surface area (Å²) in [7, 11) is 0. The highest BCUT2D eigenvalue weighted by Crippen LogP contribution is 2.40. The zero-order valence-corrected chi connectivity index (χ0v) is 17.8. The van der Waals surface area contributed by atoms with Crippen LogP contribution >= 0.6 is 22.9 Å². The highest BCUT2D eigenvalue weighted by Gasteiger charge is 2.39. The Balaban J connectivity index is 1.84. The van der Waals surface area contributed by atoms with E-state index in [1.54, 1.807) is 19.1 Å². The second-order valence-corrected chi connectivity index (χ2v) is 9.28. The van der Waals surface area contributed by atoms with Crippen molar-refractivity contribution < 1.29 is 25.2 Å². The third kappa shape index (κ3) is 7.16. The number of aliphatic hydroxyl groups excluding tert-OH is 3. The van der Waals surface area contributed by atoms with E-state index in [1.807, 2.05) is 11.5 Å². The van der Waals surface area contributed by atoms with Crippen LogP contribution in [0.1, 0.15) is 60.7 Å². The lowest BCUT2D eigenvalue weighted by Gasteiger charge is -2.21. The Kier molecular flexibility index (Phi) is 9.44. The van der Waals surface area contributed by atoms with Crippen molar-refractivity contribution in [3.05, 3.63) is 34.0 Å². The molecule has 0 aliphatic heterocycles. The summed E-state index contributed by atoms with van der Waals surface area (Å²) in [5, 5.41) is 40.5. The molecule has 1 aromatic rings. The van der Waals surface area contributed by atoms with Gasteiger partial charge in [-0.25, -0.2) is 4.79 Å². The molecule has 0 spiro atoms. The van der Waals surface area contributed by atoms with Crippen LogP contribution in [-0.2, 0) is 6.42 Å². The summed E-state index contributed by atoms with van der Waals surface area (Å²) < 4.78 is 0. The minimum Gasteiger partial charge on any atom is -0.477 e. The molecular formula is C21H31ClO5S. The molecule has 6 atom stereocenters. The van der Waals surface area contributed by atoms with Crippen molar-refractivity contribution in [2.24, 2.45) is 11.8 Å². The van der Waals surface area contributed by atoms with Gasteiger partial charge >= 0.3 is 5.97 Å². The number of alkyl halides is 1. The van der Waals surface area contributed by atoms with Crippen molar-refractivity contribution in [2.45, 2.75) is 75.6 Å². The highest BCUT2D eigenvalue weighted by molar-refractivity contribution is 7.12. The van der Waals surface area contributed by atoms with Gasteiger partial charge in [-0.3, -0.25) is 0 Å². The van der Waals surface area contributed by atoms with Gasteiger partial charge in [0.25, 0.3) is 0 Å². The number of aromatic carboxylic acids is 1. The quantitative estimate of drug-likeness (QED) is 0.316. The first-order valence-electron chi connectivity index (χ1n) is 9.95. The fourth-order valence-electron chi connectivity index (χ4n) is 3.87. The van der Waals surface area contributed by atoms with Crippen molar-refractivity contribution in [1.82, 2.24) is 0 Å². The van der Waals surface area contributed by atoms with E-state index < -0.39 is 18.2 Å². The van der Waals surface area contributed by atoms with Crippen molar-refractivity contribution >= 4 is 28.9 Å². The minimum atomic E-state index is -0.895. The summed E-state index contributed by atoms with van der Waals surface area (Å²) in [6.45, 7) is 1.74. The molecule has 158 valence electrons. The monoisotopic (exact) mass is 430 g/mol. The van der Waals surface area contributed by atoms with E-state index in [1.165, 1.54) is 11.3 Å². The van der Waals surface area contributed by atoms with Crippen molar-refractivity contribution in [1.29, 1.82) is 0 Å². The van der Waals surface area contributed by atoms with E-state index in [0.29, 0.717) is 24.1 Å². The molecule has 1 aliphatic carbocycles. The van der Waals surface area contributed by atoms with Gasteiger partial charge in [0.05, 0.1) is 18.3 Å². The molecule has 1 aliphatic rings. The first kappa shape index (κ1) is 23.4. The maximum atomic E-state index is 11.0. The molecule has 0 saturated heterocycles. The zero-order chi connectivity index (χ0) is 20.7. The average molecular weight is 431 g/mol. The molecule has 2 rings (SSSR count). The van der Waals surface area contributed by atoms with Crippen LogP contribution in [0.3, 0.4) is 0 Å². The van der Waals surface area contributed by atoms with Crippen LogP contribution in [-0.4, -0.2) is 50.1 Å². The number of carboxylic acid groups (broad SMARTS) is 1. The Morgan fingerprint density at radius 3 is 2.75 bits per heavy atom. The third-order valence-corrected chi connectivity index (χ3v) is 6.88. The summed E-state index contributed by atoms with van der Waals surface area (Å²) in [5.41, 5.74) is 1.02. The van der Waals surface area contributed by atoms with Gasteiger partial charge in [0, 0.05) is 11.3 Å². The summed E-state index contributed by atoms with van der Waals surface area (Å²) in [6.07, 6.45) is 7.25. The minimum absolute atomic E-state index is 0.0778. The Morgan fingerprint density at radius 1 is 1.36 bits per heavy atom. The Labute approximate surface area is 175 Å². The first-order chi connectivity index (χ1) is 13.3. The summed E-state index contributed by atoms with van der Waals surface area (Å²) >= 11 is 7.71. The molecule has 0 unspecified atom stereocenters. The highest BCUT2D eigenvalue weighted by atomic mass is 35.5. The van der Waals surface area contributed by atoms with Gasteiger partial charge in [-0.15, -0.1) is 22.9 Å². The van der Waals surface area contributed by atoms with E-state index in [-0.39, 0.29) is 23.3 Å². The Morgan fingerprint density at radius 2 is 2.11 bits per heavy atom. The molecule has 1 fully saturated rings. The standard InChI is InChI=1S/C21H31ClO5S/c1-13(23)4-2-6-15(24)8-9-17-16(18(22)11-19(17)25)7-3-5-14-10-20(21(26)27)28-12-14/h8-10,12-13,15-19,23-25H,2-7,11H2,1H3,(H,26,27)/t13-,15+,16-,17-,18-,19-/m1/s1. The van der Waals surface area contributed by atoms with E-state index in [4.69, 9.17) is 16.7 Å². The van der Waals surface area contributed by atoms with Gasteiger partial charge < -0.3 is 20.4 Å². The topological polar surface area (TPSA) is 98.0 Å².